The number of nitrogens with one attached hydrogen (secondary N) is 1. The van der Waals surface area contributed by atoms with Crippen LogP contribution in [-0.4, -0.2) is 32.5 Å². The SMILES string of the molecule is Fc1ccc(NCC2=CCCOC2)c(OCC(F)(F)F)c1. The number of hydrogen-bond acceptors (Lipinski definition) is 3. The molecule has 0 amide bonds. The van der Waals surface area contributed by atoms with Gasteiger partial charge in [0.2, 0.25) is 0 Å². The van der Waals surface area contributed by atoms with Crippen molar-refractivity contribution in [2.75, 3.05) is 31.7 Å². The third-order valence-electron chi connectivity index (χ3n) is 2.82. The molecular weight excluding hydrogens is 290 g/mol. The molecule has 0 atom stereocenters. The van der Waals surface area contributed by atoms with Gasteiger partial charge in [-0.05, 0) is 24.1 Å². The lowest BCUT2D eigenvalue weighted by Gasteiger charge is -2.17. The maximum atomic E-state index is 13.1. The minimum atomic E-state index is -4.47. The van der Waals surface area contributed by atoms with E-state index in [1.54, 1.807) is 0 Å². The number of halogens is 4. The Morgan fingerprint density at radius 1 is 1.29 bits per heavy atom. The second-order valence-corrected chi connectivity index (χ2v) is 4.60. The van der Waals surface area contributed by atoms with Gasteiger partial charge < -0.3 is 14.8 Å². The molecule has 0 radical (unpaired) electrons. The van der Waals surface area contributed by atoms with E-state index >= 15 is 0 Å². The summed E-state index contributed by atoms with van der Waals surface area (Å²) in [6, 6.07) is 3.44. The van der Waals surface area contributed by atoms with Crippen LogP contribution in [0.3, 0.4) is 0 Å². The van der Waals surface area contributed by atoms with Crippen LogP contribution in [0.4, 0.5) is 23.2 Å². The van der Waals surface area contributed by atoms with Crippen molar-refractivity contribution in [2.24, 2.45) is 0 Å². The van der Waals surface area contributed by atoms with Gasteiger partial charge in [0.05, 0.1) is 18.9 Å². The maximum absolute atomic E-state index is 13.1. The average Bonchev–Trinajstić information content (AvgIpc) is 2.44. The molecule has 0 bridgehead atoms. The Balaban J connectivity index is 2.02. The molecular formula is C14H15F4NO2. The number of rotatable bonds is 5. The lowest BCUT2D eigenvalue weighted by molar-refractivity contribution is -0.153. The lowest BCUT2D eigenvalue weighted by atomic mass is 10.2. The van der Waals surface area contributed by atoms with E-state index in [4.69, 9.17) is 4.74 Å². The van der Waals surface area contributed by atoms with Gasteiger partial charge >= 0.3 is 6.18 Å². The van der Waals surface area contributed by atoms with E-state index in [0.29, 0.717) is 25.4 Å². The highest BCUT2D eigenvalue weighted by molar-refractivity contribution is 5.57. The molecule has 0 saturated heterocycles. The van der Waals surface area contributed by atoms with Crippen molar-refractivity contribution in [1.29, 1.82) is 0 Å². The first kappa shape index (κ1) is 15.6. The Bertz CT molecular complexity index is 514. The van der Waals surface area contributed by atoms with E-state index in [1.165, 1.54) is 6.07 Å². The van der Waals surface area contributed by atoms with Gasteiger partial charge in [-0.3, -0.25) is 0 Å². The third-order valence-corrected chi connectivity index (χ3v) is 2.82. The molecule has 0 fully saturated rings. The molecule has 7 heteroatoms. The van der Waals surface area contributed by atoms with E-state index in [-0.39, 0.29) is 5.75 Å². The van der Waals surface area contributed by atoms with Crippen molar-refractivity contribution in [2.45, 2.75) is 12.6 Å². The van der Waals surface area contributed by atoms with E-state index in [9.17, 15) is 17.6 Å². The van der Waals surface area contributed by atoms with Gasteiger partial charge in [-0.2, -0.15) is 13.2 Å². The zero-order valence-electron chi connectivity index (χ0n) is 11.2. The summed E-state index contributed by atoms with van der Waals surface area (Å²) >= 11 is 0. The van der Waals surface area contributed by atoms with Crippen LogP contribution in [0.1, 0.15) is 6.42 Å². The summed E-state index contributed by atoms with van der Waals surface area (Å²) in [4.78, 5) is 0. The molecule has 1 aromatic rings. The highest BCUT2D eigenvalue weighted by Crippen LogP contribution is 2.28. The van der Waals surface area contributed by atoms with Crippen molar-refractivity contribution in [3.8, 4) is 5.75 Å². The van der Waals surface area contributed by atoms with E-state index in [2.05, 4.69) is 10.1 Å². The first-order valence-electron chi connectivity index (χ1n) is 6.43. The zero-order chi connectivity index (χ0) is 15.3. The van der Waals surface area contributed by atoms with Crippen LogP contribution in [0.15, 0.2) is 29.8 Å². The van der Waals surface area contributed by atoms with Crippen molar-refractivity contribution in [1.82, 2.24) is 0 Å². The van der Waals surface area contributed by atoms with Crippen molar-refractivity contribution < 1.29 is 27.0 Å². The number of alkyl halides is 3. The smallest absolute Gasteiger partial charge is 0.422 e. The van der Waals surface area contributed by atoms with E-state index < -0.39 is 18.6 Å². The molecule has 3 nitrogen and oxygen atoms in total. The normalized spacial score (nSPS) is 15.5. The van der Waals surface area contributed by atoms with Gasteiger partial charge in [0, 0.05) is 12.6 Å². The van der Waals surface area contributed by atoms with Gasteiger partial charge in [-0.1, -0.05) is 6.08 Å². The molecule has 1 aliphatic heterocycles. The monoisotopic (exact) mass is 305 g/mol. The van der Waals surface area contributed by atoms with Crippen LogP contribution in [0.25, 0.3) is 0 Å². The van der Waals surface area contributed by atoms with Crippen LogP contribution in [0, 0.1) is 5.82 Å². The Labute approximate surface area is 119 Å². The molecule has 21 heavy (non-hydrogen) atoms. The van der Waals surface area contributed by atoms with Crippen molar-refractivity contribution >= 4 is 5.69 Å². The first-order chi connectivity index (χ1) is 9.94. The second-order valence-electron chi connectivity index (χ2n) is 4.60. The molecule has 1 N–H and O–H groups in total. The number of ether oxygens (including phenoxy) is 2. The largest absolute Gasteiger partial charge is 0.482 e. The van der Waals surface area contributed by atoms with E-state index in [1.807, 2.05) is 6.08 Å². The summed E-state index contributed by atoms with van der Waals surface area (Å²) < 4.78 is 59.6. The topological polar surface area (TPSA) is 30.5 Å². The van der Waals surface area contributed by atoms with Crippen LogP contribution < -0.4 is 10.1 Å². The summed E-state index contributed by atoms with van der Waals surface area (Å²) in [5.74, 6) is -0.817. The molecule has 1 heterocycles. The summed E-state index contributed by atoms with van der Waals surface area (Å²) in [6.45, 7) is 0.0951. The van der Waals surface area contributed by atoms with Crippen LogP contribution in [-0.2, 0) is 4.74 Å². The van der Waals surface area contributed by atoms with Crippen LogP contribution in [0.2, 0.25) is 0 Å². The molecule has 0 spiro atoms. The van der Waals surface area contributed by atoms with Crippen LogP contribution in [0.5, 0.6) is 5.75 Å². The highest BCUT2D eigenvalue weighted by Gasteiger charge is 2.29. The fourth-order valence-corrected chi connectivity index (χ4v) is 1.86. The van der Waals surface area contributed by atoms with Gasteiger partial charge in [-0.15, -0.1) is 0 Å². The third kappa shape index (κ3) is 5.26. The Hall–Kier alpha value is -1.76. The standard InChI is InChI=1S/C14H15F4NO2/c15-11-3-4-12(13(6-11)21-9-14(16,17)18)19-7-10-2-1-5-20-8-10/h2-4,6,19H,1,5,7-9H2. The molecule has 0 saturated carbocycles. The second kappa shape index (κ2) is 6.80. The summed E-state index contributed by atoms with van der Waals surface area (Å²) in [6.07, 6.45) is -1.66. The van der Waals surface area contributed by atoms with Gasteiger partial charge in [0.25, 0.3) is 0 Å². The average molecular weight is 305 g/mol. The molecule has 0 aromatic heterocycles. The zero-order valence-corrected chi connectivity index (χ0v) is 11.2. The predicted molar refractivity (Wildman–Crippen MR) is 70.0 cm³/mol. The molecule has 116 valence electrons. The van der Waals surface area contributed by atoms with E-state index in [0.717, 1.165) is 24.1 Å². The summed E-state index contributed by atoms with van der Waals surface area (Å²) in [5.41, 5.74) is 1.31. The Morgan fingerprint density at radius 2 is 2.10 bits per heavy atom. The predicted octanol–water partition coefficient (Wildman–Crippen LogP) is 3.53. The first-order valence-corrected chi connectivity index (χ1v) is 6.43. The number of hydrogen-bond donors (Lipinski definition) is 1. The maximum Gasteiger partial charge on any atom is 0.422 e. The van der Waals surface area contributed by atoms with Crippen LogP contribution >= 0.6 is 0 Å². The minimum absolute atomic E-state index is 0.162. The summed E-state index contributed by atoms with van der Waals surface area (Å²) in [7, 11) is 0. The van der Waals surface area contributed by atoms with Crippen molar-refractivity contribution in [3.05, 3.63) is 35.7 Å². The molecule has 0 aliphatic carbocycles. The molecule has 1 aliphatic rings. The minimum Gasteiger partial charge on any atom is -0.482 e. The fraction of sp³-hybridized carbons (Fsp3) is 0.429. The Kier molecular flexibility index (Phi) is 5.06. The van der Waals surface area contributed by atoms with Gasteiger partial charge in [0.15, 0.2) is 6.61 Å². The molecule has 0 unspecified atom stereocenters. The van der Waals surface area contributed by atoms with Crippen molar-refractivity contribution in [3.63, 3.8) is 0 Å². The fourth-order valence-electron chi connectivity index (χ4n) is 1.86. The van der Waals surface area contributed by atoms with Gasteiger partial charge in [-0.25, -0.2) is 4.39 Å². The molecule has 2 rings (SSSR count). The Morgan fingerprint density at radius 3 is 2.76 bits per heavy atom. The number of benzene rings is 1. The van der Waals surface area contributed by atoms with Gasteiger partial charge in [0.1, 0.15) is 11.6 Å². The lowest BCUT2D eigenvalue weighted by Crippen LogP contribution is -2.20. The number of anilines is 1. The molecule has 1 aromatic carbocycles. The highest BCUT2D eigenvalue weighted by atomic mass is 19.4. The summed E-state index contributed by atoms with van der Waals surface area (Å²) in [5, 5.41) is 2.94. The quantitative estimate of drug-likeness (QED) is 0.667.